The molecule has 0 radical (unpaired) electrons. The molecule has 0 bridgehead atoms. The Balaban J connectivity index is 1.75. The summed E-state index contributed by atoms with van der Waals surface area (Å²) in [6.45, 7) is 2.40. The van der Waals surface area contributed by atoms with Gasteiger partial charge in [0.15, 0.2) is 0 Å². The maximum Gasteiger partial charge on any atom is 0.0890 e. The summed E-state index contributed by atoms with van der Waals surface area (Å²) in [5.74, 6) is 0. The quantitative estimate of drug-likeness (QED) is 0.910. The number of hydrogen-bond donors (Lipinski definition) is 2. The topological polar surface area (TPSA) is 43.7 Å². The van der Waals surface area contributed by atoms with Gasteiger partial charge >= 0.3 is 0 Å². The highest BCUT2D eigenvalue weighted by atomic mass is 35.5. The second-order valence-corrected chi connectivity index (χ2v) is 7.36. The molecule has 0 amide bonds. The van der Waals surface area contributed by atoms with E-state index in [-0.39, 0.29) is 6.61 Å². The smallest absolute Gasteiger partial charge is 0.0890 e. The van der Waals surface area contributed by atoms with Crippen molar-refractivity contribution in [1.82, 2.24) is 4.90 Å². The summed E-state index contributed by atoms with van der Waals surface area (Å²) in [5.41, 5.74) is -0.904. The van der Waals surface area contributed by atoms with E-state index in [1.165, 1.54) is 9.58 Å². The molecule has 1 aliphatic rings. The van der Waals surface area contributed by atoms with E-state index in [9.17, 15) is 10.2 Å². The standard InChI is InChI=1S/C16H20ClNO2S/c17-15-12-4-1-2-5-13(12)21-14(15)10-18-8-3-6-16(20,11-19)7-9-18/h1-2,4-5,19-20H,3,6-11H2/t16-/m0/s1. The number of aliphatic hydroxyl groups excluding tert-OH is 1. The van der Waals surface area contributed by atoms with Gasteiger partial charge in [-0.15, -0.1) is 11.3 Å². The molecule has 1 fully saturated rings. The van der Waals surface area contributed by atoms with Gasteiger partial charge in [-0.2, -0.15) is 0 Å². The second-order valence-electron chi connectivity index (χ2n) is 5.85. The average Bonchev–Trinajstić information content (AvgIpc) is 2.68. The molecule has 1 aliphatic heterocycles. The fraction of sp³-hybridized carbons (Fsp3) is 0.500. The summed E-state index contributed by atoms with van der Waals surface area (Å²) < 4.78 is 1.22. The first kappa shape index (κ1) is 15.3. The highest BCUT2D eigenvalue weighted by molar-refractivity contribution is 7.19. The van der Waals surface area contributed by atoms with E-state index in [0.717, 1.165) is 36.5 Å². The Kier molecular flexibility index (Phi) is 4.52. The molecule has 1 atom stereocenters. The Hall–Kier alpha value is -0.650. The number of halogens is 1. The van der Waals surface area contributed by atoms with Crippen molar-refractivity contribution in [2.45, 2.75) is 31.4 Å². The van der Waals surface area contributed by atoms with Crippen molar-refractivity contribution in [3.8, 4) is 0 Å². The number of hydrogen-bond acceptors (Lipinski definition) is 4. The third kappa shape index (κ3) is 3.25. The minimum Gasteiger partial charge on any atom is -0.393 e. The number of likely N-dealkylation sites (tertiary alicyclic amines) is 1. The first-order chi connectivity index (χ1) is 10.1. The van der Waals surface area contributed by atoms with Crippen LogP contribution >= 0.6 is 22.9 Å². The van der Waals surface area contributed by atoms with Crippen molar-refractivity contribution in [3.05, 3.63) is 34.2 Å². The van der Waals surface area contributed by atoms with Gasteiger partial charge in [0.25, 0.3) is 0 Å². The molecule has 0 unspecified atom stereocenters. The second kappa shape index (κ2) is 6.23. The van der Waals surface area contributed by atoms with Gasteiger partial charge in [-0.05, 0) is 31.9 Å². The Morgan fingerprint density at radius 2 is 2.05 bits per heavy atom. The Morgan fingerprint density at radius 1 is 1.24 bits per heavy atom. The number of fused-ring (bicyclic) bond motifs is 1. The zero-order valence-corrected chi connectivity index (χ0v) is 13.5. The van der Waals surface area contributed by atoms with Crippen molar-refractivity contribution >= 4 is 33.0 Å². The van der Waals surface area contributed by atoms with Crippen molar-refractivity contribution < 1.29 is 10.2 Å². The van der Waals surface area contributed by atoms with Gasteiger partial charge < -0.3 is 10.2 Å². The van der Waals surface area contributed by atoms with Gasteiger partial charge in [0.2, 0.25) is 0 Å². The first-order valence-electron chi connectivity index (χ1n) is 7.33. The van der Waals surface area contributed by atoms with E-state index in [4.69, 9.17) is 11.6 Å². The molecule has 114 valence electrons. The normalized spacial score (nSPS) is 24.3. The molecule has 1 saturated heterocycles. The number of nitrogens with zero attached hydrogens (tertiary/aromatic N) is 1. The molecule has 2 N–H and O–H groups in total. The van der Waals surface area contributed by atoms with E-state index in [1.807, 2.05) is 12.1 Å². The summed E-state index contributed by atoms with van der Waals surface area (Å²) in [7, 11) is 0. The van der Waals surface area contributed by atoms with Crippen LogP contribution < -0.4 is 0 Å². The molecule has 1 aromatic heterocycles. The predicted molar refractivity (Wildman–Crippen MR) is 88.0 cm³/mol. The van der Waals surface area contributed by atoms with Crippen LogP contribution in [-0.4, -0.2) is 40.4 Å². The maximum absolute atomic E-state index is 10.2. The van der Waals surface area contributed by atoms with Crippen molar-refractivity contribution in [2.75, 3.05) is 19.7 Å². The van der Waals surface area contributed by atoms with Crippen molar-refractivity contribution in [3.63, 3.8) is 0 Å². The molecule has 0 spiro atoms. The van der Waals surface area contributed by atoms with Crippen molar-refractivity contribution in [2.24, 2.45) is 0 Å². The van der Waals surface area contributed by atoms with Crippen LogP contribution in [-0.2, 0) is 6.54 Å². The Bertz CT molecular complexity index is 630. The van der Waals surface area contributed by atoms with E-state index in [2.05, 4.69) is 17.0 Å². The first-order valence-corrected chi connectivity index (χ1v) is 8.52. The molecule has 2 aromatic rings. The Morgan fingerprint density at radius 3 is 2.81 bits per heavy atom. The average molecular weight is 326 g/mol. The van der Waals surface area contributed by atoms with Crippen LogP contribution in [0.15, 0.2) is 24.3 Å². The van der Waals surface area contributed by atoms with Crippen LogP contribution in [0.1, 0.15) is 24.1 Å². The summed E-state index contributed by atoms with van der Waals surface area (Å²) in [6.07, 6.45) is 2.19. The summed E-state index contributed by atoms with van der Waals surface area (Å²) in [5, 5.41) is 21.5. The highest BCUT2D eigenvalue weighted by Crippen LogP contribution is 2.36. The van der Waals surface area contributed by atoms with Crippen LogP contribution in [0.25, 0.3) is 10.1 Å². The fourth-order valence-electron chi connectivity index (χ4n) is 2.92. The molecule has 21 heavy (non-hydrogen) atoms. The molecule has 0 saturated carbocycles. The van der Waals surface area contributed by atoms with Crippen LogP contribution in [0.4, 0.5) is 0 Å². The predicted octanol–water partition coefficient (Wildman–Crippen LogP) is 3.26. The summed E-state index contributed by atoms with van der Waals surface area (Å²) in [6, 6.07) is 8.21. The van der Waals surface area contributed by atoms with Crippen LogP contribution in [0.5, 0.6) is 0 Å². The summed E-state index contributed by atoms with van der Waals surface area (Å²) in [4.78, 5) is 3.51. The number of benzene rings is 1. The van der Waals surface area contributed by atoms with Crippen LogP contribution in [0.2, 0.25) is 5.02 Å². The minimum atomic E-state index is -0.904. The Labute approximate surface area is 133 Å². The highest BCUT2D eigenvalue weighted by Gasteiger charge is 2.29. The fourth-order valence-corrected chi connectivity index (χ4v) is 4.46. The third-order valence-electron chi connectivity index (χ3n) is 4.27. The molecule has 5 heteroatoms. The molecule has 0 aliphatic carbocycles. The molecule has 3 rings (SSSR count). The van der Waals surface area contributed by atoms with E-state index in [0.29, 0.717) is 12.8 Å². The summed E-state index contributed by atoms with van der Waals surface area (Å²) >= 11 is 8.24. The van der Waals surface area contributed by atoms with Gasteiger partial charge in [0.1, 0.15) is 0 Å². The third-order valence-corrected chi connectivity index (χ3v) is 5.97. The minimum absolute atomic E-state index is 0.148. The van der Waals surface area contributed by atoms with Gasteiger partial charge in [-0.3, -0.25) is 4.90 Å². The molecule has 3 nitrogen and oxygen atoms in total. The van der Waals surface area contributed by atoms with Gasteiger partial charge in [-0.25, -0.2) is 0 Å². The number of rotatable bonds is 3. The number of aliphatic hydroxyl groups is 2. The molecular formula is C16H20ClNO2S. The van der Waals surface area contributed by atoms with Crippen molar-refractivity contribution in [1.29, 1.82) is 0 Å². The lowest BCUT2D eigenvalue weighted by atomic mass is 9.96. The largest absolute Gasteiger partial charge is 0.393 e. The zero-order chi connectivity index (χ0) is 14.9. The molecule has 1 aromatic carbocycles. The van der Waals surface area contributed by atoms with E-state index >= 15 is 0 Å². The molecular weight excluding hydrogens is 306 g/mol. The maximum atomic E-state index is 10.2. The number of thiophene rings is 1. The van der Waals surface area contributed by atoms with Gasteiger partial charge in [0, 0.05) is 28.1 Å². The van der Waals surface area contributed by atoms with E-state index < -0.39 is 5.60 Å². The van der Waals surface area contributed by atoms with Crippen LogP contribution in [0.3, 0.4) is 0 Å². The van der Waals surface area contributed by atoms with Gasteiger partial charge in [-0.1, -0.05) is 29.8 Å². The lowest BCUT2D eigenvalue weighted by molar-refractivity contribution is -0.0255. The SMILES string of the molecule is OC[C@]1(O)CCCN(Cc2sc3ccccc3c2Cl)CC1. The molecule has 2 heterocycles. The van der Waals surface area contributed by atoms with Crippen LogP contribution in [0, 0.1) is 0 Å². The zero-order valence-electron chi connectivity index (χ0n) is 11.9. The lowest BCUT2D eigenvalue weighted by Gasteiger charge is -2.24. The lowest BCUT2D eigenvalue weighted by Crippen LogP contribution is -2.34. The van der Waals surface area contributed by atoms with E-state index in [1.54, 1.807) is 11.3 Å². The van der Waals surface area contributed by atoms with Gasteiger partial charge in [0.05, 0.1) is 17.2 Å². The monoisotopic (exact) mass is 325 g/mol.